The van der Waals surface area contributed by atoms with Crippen molar-refractivity contribution in [1.82, 2.24) is 0 Å². The van der Waals surface area contributed by atoms with Crippen molar-refractivity contribution in [3.63, 3.8) is 0 Å². The van der Waals surface area contributed by atoms with Crippen LogP contribution in [0.15, 0.2) is 60.8 Å². The number of aliphatic hydroxyl groups excluding tert-OH is 1. The van der Waals surface area contributed by atoms with Gasteiger partial charge in [-0.05, 0) is 50.3 Å². The normalized spacial score (nSPS) is 14.2. The second-order valence-electron chi connectivity index (χ2n) is 5.36. The van der Waals surface area contributed by atoms with E-state index in [2.05, 4.69) is 67.7 Å². The molecule has 0 aromatic heterocycles. The molecule has 0 radical (unpaired) electrons. The minimum Gasteiger partial charge on any atom is -0.396 e. The fourth-order valence-electron chi connectivity index (χ4n) is 1.88. The van der Waals surface area contributed by atoms with Crippen LogP contribution in [-0.2, 0) is 0 Å². The maximum absolute atomic E-state index is 9.00. The third-order valence-electron chi connectivity index (χ3n) is 3.29. The van der Waals surface area contributed by atoms with E-state index >= 15 is 0 Å². The Morgan fingerprint density at radius 3 is 1.57 bits per heavy atom. The van der Waals surface area contributed by atoms with Crippen LogP contribution in [0.1, 0.15) is 51.9 Å². The van der Waals surface area contributed by atoms with Gasteiger partial charge in [0, 0.05) is 5.92 Å². The molecule has 0 spiro atoms. The van der Waals surface area contributed by atoms with Crippen molar-refractivity contribution >= 4 is 17.6 Å². The van der Waals surface area contributed by atoms with Gasteiger partial charge in [0.2, 0.25) is 0 Å². The standard InChI is InChI=1S/C21H32OS/c1-2-3-4-5-6-7-8-9-10-11-12-13-14-15-16-17-18-21(19-22)20-23/h3-4,6-7,9-10,12-13,15-16,20-22H,2,5,8,11,14,17-19H2,1H3/b4-3-,7-6-,10-9-,13-12-,16-15-. The Kier molecular flexibility index (Phi) is 17.8. The molecule has 0 aliphatic rings. The molecule has 1 nitrogen and oxygen atoms in total. The molecule has 0 aliphatic heterocycles. The third kappa shape index (κ3) is 16.9. The summed E-state index contributed by atoms with van der Waals surface area (Å²) in [6.45, 7) is 2.31. The molecule has 0 aromatic rings. The van der Waals surface area contributed by atoms with Gasteiger partial charge < -0.3 is 5.11 Å². The average Bonchev–Trinajstić information content (AvgIpc) is 2.58. The van der Waals surface area contributed by atoms with Gasteiger partial charge in [0.25, 0.3) is 0 Å². The SMILES string of the molecule is CC/C=C\C/C=C\C/C=C\C/C=C\C/C=C\CCC(C=S)CO. The summed E-state index contributed by atoms with van der Waals surface area (Å²) in [4.78, 5) is 0. The Hall–Kier alpha value is -1.25. The summed E-state index contributed by atoms with van der Waals surface area (Å²) in [6.07, 6.45) is 29.0. The molecule has 0 aliphatic carbocycles. The van der Waals surface area contributed by atoms with Gasteiger partial charge in [-0.1, -0.05) is 79.9 Å². The molecule has 0 aromatic carbocycles. The van der Waals surface area contributed by atoms with Crippen molar-refractivity contribution in [2.45, 2.75) is 51.9 Å². The lowest BCUT2D eigenvalue weighted by atomic mass is 10.1. The van der Waals surface area contributed by atoms with E-state index in [1.807, 2.05) is 0 Å². The second kappa shape index (κ2) is 18.8. The first-order valence-corrected chi connectivity index (χ1v) is 9.13. The molecule has 1 atom stereocenters. The van der Waals surface area contributed by atoms with Crippen molar-refractivity contribution in [2.24, 2.45) is 5.92 Å². The topological polar surface area (TPSA) is 20.2 Å². The van der Waals surface area contributed by atoms with Gasteiger partial charge in [0.15, 0.2) is 0 Å². The van der Waals surface area contributed by atoms with E-state index in [-0.39, 0.29) is 12.5 Å². The van der Waals surface area contributed by atoms with Gasteiger partial charge in [-0.25, -0.2) is 0 Å². The first-order chi connectivity index (χ1) is 11.3. The minimum atomic E-state index is 0.159. The summed E-state index contributed by atoms with van der Waals surface area (Å²) in [5, 5.41) is 10.7. The minimum absolute atomic E-state index is 0.159. The number of thiocarbonyl (C=S) groups is 1. The number of allylic oxidation sites excluding steroid dienone is 10. The molecule has 1 N–H and O–H groups in total. The molecule has 0 amide bonds. The number of aliphatic hydroxyl groups is 1. The Morgan fingerprint density at radius 2 is 1.17 bits per heavy atom. The second-order valence-corrected chi connectivity index (χ2v) is 5.64. The van der Waals surface area contributed by atoms with E-state index in [0.717, 1.165) is 44.9 Å². The van der Waals surface area contributed by atoms with Crippen LogP contribution in [0.25, 0.3) is 0 Å². The Bertz CT molecular complexity index is 402. The van der Waals surface area contributed by atoms with Gasteiger partial charge >= 0.3 is 0 Å². The first kappa shape index (κ1) is 21.8. The molecular weight excluding hydrogens is 300 g/mol. The third-order valence-corrected chi connectivity index (χ3v) is 3.67. The summed E-state index contributed by atoms with van der Waals surface area (Å²) in [6, 6.07) is 0. The molecule has 2 heteroatoms. The molecule has 0 saturated carbocycles. The van der Waals surface area contributed by atoms with Gasteiger partial charge in [0.1, 0.15) is 0 Å². The van der Waals surface area contributed by atoms with E-state index in [9.17, 15) is 0 Å². The van der Waals surface area contributed by atoms with Crippen LogP contribution in [0.5, 0.6) is 0 Å². The summed E-state index contributed by atoms with van der Waals surface area (Å²) in [5.41, 5.74) is 0. The van der Waals surface area contributed by atoms with E-state index in [1.165, 1.54) is 0 Å². The van der Waals surface area contributed by atoms with Gasteiger partial charge in [-0.2, -0.15) is 0 Å². The highest BCUT2D eigenvalue weighted by molar-refractivity contribution is 7.79. The lowest BCUT2D eigenvalue weighted by Crippen LogP contribution is -2.05. The number of hydrogen-bond acceptors (Lipinski definition) is 2. The van der Waals surface area contributed by atoms with Crippen LogP contribution in [0.4, 0.5) is 0 Å². The van der Waals surface area contributed by atoms with E-state index in [0.29, 0.717) is 0 Å². The summed E-state index contributed by atoms with van der Waals surface area (Å²) in [5.74, 6) is 0.159. The zero-order valence-electron chi connectivity index (χ0n) is 14.4. The van der Waals surface area contributed by atoms with Crippen LogP contribution in [0.2, 0.25) is 0 Å². The molecule has 0 fully saturated rings. The van der Waals surface area contributed by atoms with Crippen molar-refractivity contribution in [2.75, 3.05) is 6.61 Å². The van der Waals surface area contributed by atoms with Gasteiger partial charge in [0.05, 0.1) is 6.61 Å². The maximum atomic E-state index is 9.00. The van der Waals surface area contributed by atoms with E-state index in [4.69, 9.17) is 17.3 Å². The molecule has 23 heavy (non-hydrogen) atoms. The summed E-state index contributed by atoms with van der Waals surface area (Å²) in [7, 11) is 0. The van der Waals surface area contributed by atoms with E-state index < -0.39 is 0 Å². The van der Waals surface area contributed by atoms with Gasteiger partial charge in [-0.3, -0.25) is 0 Å². The lowest BCUT2D eigenvalue weighted by Gasteiger charge is -2.03. The quantitative estimate of drug-likeness (QED) is 0.305. The smallest absolute Gasteiger partial charge is 0.0502 e. The fraction of sp³-hybridized carbons (Fsp3) is 0.476. The number of rotatable bonds is 14. The van der Waals surface area contributed by atoms with Crippen LogP contribution in [0.3, 0.4) is 0 Å². The van der Waals surface area contributed by atoms with E-state index in [1.54, 1.807) is 5.37 Å². The Balaban J connectivity index is 3.54. The molecule has 128 valence electrons. The largest absolute Gasteiger partial charge is 0.396 e. The van der Waals surface area contributed by atoms with Crippen LogP contribution < -0.4 is 0 Å². The first-order valence-electron chi connectivity index (χ1n) is 8.66. The van der Waals surface area contributed by atoms with Crippen molar-refractivity contribution < 1.29 is 5.11 Å². The van der Waals surface area contributed by atoms with Crippen LogP contribution in [0, 0.1) is 5.92 Å². The summed E-state index contributed by atoms with van der Waals surface area (Å²) < 4.78 is 0. The monoisotopic (exact) mass is 332 g/mol. The zero-order chi connectivity index (χ0) is 17.0. The maximum Gasteiger partial charge on any atom is 0.0502 e. The van der Waals surface area contributed by atoms with Crippen LogP contribution >= 0.6 is 12.2 Å². The molecule has 0 rings (SSSR count). The number of hydrogen-bond donors (Lipinski definition) is 1. The van der Waals surface area contributed by atoms with Crippen molar-refractivity contribution in [3.8, 4) is 0 Å². The molecule has 0 saturated heterocycles. The Labute approximate surface area is 148 Å². The van der Waals surface area contributed by atoms with Gasteiger partial charge in [-0.15, -0.1) is 0 Å². The molecule has 0 heterocycles. The average molecular weight is 333 g/mol. The highest BCUT2D eigenvalue weighted by Crippen LogP contribution is 2.04. The highest BCUT2D eigenvalue weighted by atomic mass is 32.1. The van der Waals surface area contributed by atoms with Crippen molar-refractivity contribution in [3.05, 3.63) is 60.8 Å². The zero-order valence-corrected chi connectivity index (χ0v) is 15.3. The molecule has 0 bridgehead atoms. The molecule has 1 unspecified atom stereocenters. The van der Waals surface area contributed by atoms with Crippen LogP contribution in [-0.4, -0.2) is 17.1 Å². The lowest BCUT2D eigenvalue weighted by molar-refractivity contribution is 0.259. The fourth-order valence-corrected chi connectivity index (χ4v) is 2.10. The van der Waals surface area contributed by atoms with Crippen molar-refractivity contribution in [1.29, 1.82) is 0 Å². The predicted octanol–water partition coefficient (Wildman–Crippen LogP) is 6.13. The molecular formula is C21H32OS. The predicted molar refractivity (Wildman–Crippen MR) is 108 cm³/mol. The summed E-state index contributed by atoms with van der Waals surface area (Å²) >= 11 is 4.85. The Morgan fingerprint density at radius 1 is 0.739 bits per heavy atom. The highest BCUT2D eigenvalue weighted by Gasteiger charge is 1.99.